The van der Waals surface area contributed by atoms with Crippen LogP contribution in [-0.4, -0.2) is 38.2 Å². The highest BCUT2D eigenvalue weighted by molar-refractivity contribution is 5.93. The maximum atomic E-state index is 13.5. The third kappa shape index (κ3) is 2.94. The van der Waals surface area contributed by atoms with Gasteiger partial charge in [-0.05, 0) is 55.0 Å². The van der Waals surface area contributed by atoms with Crippen molar-refractivity contribution in [3.8, 4) is 11.4 Å². The molecule has 3 N–H and O–H groups in total. The van der Waals surface area contributed by atoms with Crippen molar-refractivity contribution in [2.45, 2.75) is 57.9 Å². The van der Waals surface area contributed by atoms with Crippen LogP contribution in [0, 0.1) is 6.92 Å². The molecule has 0 radical (unpaired) electrons. The number of carbonyl (C=O) groups is 2. The van der Waals surface area contributed by atoms with Gasteiger partial charge in [-0.2, -0.15) is 0 Å². The van der Waals surface area contributed by atoms with Gasteiger partial charge in [-0.3, -0.25) is 9.59 Å². The van der Waals surface area contributed by atoms with E-state index in [-0.39, 0.29) is 42.3 Å². The first-order valence-electron chi connectivity index (χ1n) is 11.8. The molecule has 4 heterocycles. The van der Waals surface area contributed by atoms with Crippen LogP contribution in [0.3, 0.4) is 0 Å². The van der Waals surface area contributed by atoms with Crippen molar-refractivity contribution in [2.24, 2.45) is 0 Å². The average Bonchev–Trinajstić information content (AvgIpc) is 3.21. The fourth-order valence-corrected chi connectivity index (χ4v) is 5.90. The van der Waals surface area contributed by atoms with E-state index in [1.165, 1.54) is 0 Å². The molecule has 9 heteroatoms. The Morgan fingerprint density at radius 3 is 2.83 bits per heavy atom. The first-order valence-corrected chi connectivity index (χ1v) is 11.8. The second kappa shape index (κ2) is 7.47. The summed E-state index contributed by atoms with van der Waals surface area (Å²) >= 11 is 0. The highest BCUT2D eigenvalue weighted by atomic mass is 16.6. The third-order valence-electron chi connectivity index (χ3n) is 7.59. The molecule has 0 fully saturated rings. The molecule has 0 saturated carbocycles. The molecule has 35 heavy (non-hydrogen) atoms. The van der Waals surface area contributed by atoms with E-state index in [1.54, 1.807) is 17.6 Å². The fraction of sp³-hybridized carbons (Fsp3) is 0.385. The van der Waals surface area contributed by atoms with E-state index in [9.17, 15) is 24.6 Å². The van der Waals surface area contributed by atoms with Crippen LogP contribution in [0.4, 0.5) is 0 Å². The molecule has 0 saturated heterocycles. The van der Waals surface area contributed by atoms with Crippen LogP contribution < -0.4 is 10.9 Å². The monoisotopic (exact) mass is 475 g/mol. The van der Waals surface area contributed by atoms with Gasteiger partial charge in [-0.1, -0.05) is 13.0 Å². The molecule has 2 aliphatic heterocycles. The minimum atomic E-state index is -1.89. The van der Waals surface area contributed by atoms with Gasteiger partial charge >= 0.3 is 5.97 Å². The summed E-state index contributed by atoms with van der Waals surface area (Å²) in [5.74, 6) is -1.22. The predicted molar refractivity (Wildman–Crippen MR) is 126 cm³/mol. The van der Waals surface area contributed by atoms with Crippen LogP contribution in [0.5, 0.6) is 0 Å². The number of aliphatic hydroxyl groups excluding tert-OH is 1. The van der Waals surface area contributed by atoms with Gasteiger partial charge in [0.25, 0.3) is 5.56 Å². The van der Waals surface area contributed by atoms with Crippen LogP contribution in [-0.2, 0) is 39.5 Å². The lowest BCUT2D eigenvalue weighted by molar-refractivity contribution is -0.172. The van der Waals surface area contributed by atoms with Crippen LogP contribution in [0.1, 0.15) is 59.2 Å². The number of amides is 1. The number of esters is 1. The standard InChI is InChI=1S/C26H25N3O6/c1-3-26(34)16-8-19-23-14(9-29(19)24(32)15(16)11-35-25(26)33)22-17(27-20(31)10-30)5-4-13-6-12(2)7-18(28-23)21(13)22/h6-8,17,30,34H,3-5,9-11H2,1-2H3,(H,27,31)/t17-,26+/m1/s1. The van der Waals surface area contributed by atoms with E-state index in [0.29, 0.717) is 17.8 Å². The number of rotatable bonds is 3. The molecule has 3 aliphatic rings. The Hall–Kier alpha value is -3.56. The summed E-state index contributed by atoms with van der Waals surface area (Å²) in [6.07, 6.45) is 1.49. The van der Waals surface area contributed by atoms with E-state index >= 15 is 0 Å². The number of benzene rings is 1. The summed E-state index contributed by atoms with van der Waals surface area (Å²) < 4.78 is 6.76. The number of carbonyl (C=O) groups excluding carboxylic acids is 2. The smallest absolute Gasteiger partial charge is 0.343 e. The summed E-state index contributed by atoms with van der Waals surface area (Å²) in [4.78, 5) is 43.1. The number of pyridine rings is 2. The lowest BCUT2D eigenvalue weighted by Crippen LogP contribution is -2.44. The number of hydrogen-bond acceptors (Lipinski definition) is 7. The summed E-state index contributed by atoms with van der Waals surface area (Å²) in [6.45, 7) is 3.14. The van der Waals surface area contributed by atoms with Crippen molar-refractivity contribution in [1.82, 2.24) is 14.9 Å². The third-order valence-corrected chi connectivity index (χ3v) is 7.59. The van der Waals surface area contributed by atoms with Crippen LogP contribution in [0.25, 0.3) is 22.3 Å². The van der Waals surface area contributed by atoms with Crippen LogP contribution in [0.15, 0.2) is 23.0 Å². The molecule has 180 valence electrons. The number of aryl methyl sites for hydroxylation is 2. The lowest BCUT2D eigenvalue weighted by Gasteiger charge is -2.31. The van der Waals surface area contributed by atoms with E-state index in [0.717, 1.165) is 39.6 Å². The molecule has 2 aromatic heterocycles. The molecule has 0 unspecified atom stereocenters. The number of nitrogens with zero attached hydrogens (tertiary/aromatic N) is 2. The highest BCUT2D eigenvalue weighted by Gasteiger charge is 2.45. The summed E-state index contributed by atoms with van der Waals surface area (Å²) in [5.41, 5.74) is 4.17. The Morgan fingerprint density at radius 2 is 2.09 bits per heavy atom. The Balaban J connectivity index is 1.65. The minimum Gasteiger partial charge on any atom is -0.458 e. The van der Waals surface area contributed by atoms with E-state index < -0.39 is 24.1 Å². The second-order valence-corrected chi connectivity index (χ2v) is 9.59. The minimum absolute atomic E-state index is 0.0722. The summed E-state index contributed by atoms with van der Waals surface area (Å²) in [7, 11) is 0. The molecule has 1 amide bonds. The van der Waals surface area contributed by atoms with E-state index in [2.05, 4.69) is 11.4 Å². The molecule has 2 atom stereocenters. The molecule has 0 bridgehead atoms. The number of aliphatic hydroxyl groups is 2. The van der Waals surface area contributed by atoms with Crippen molar-refractivity contribution in [1.29, 1.82) is 0 Å². The van der Waals surface area contributed by atoms with Crippen molar-refractivity contribution in [3.05, 3.63) is 61.9 Å². The molecule has 6 rings (SSSR count). The van der Waals surface area contributed by atoms with Gasteiger partial charge in [0.15, 0.2) is 5.60 Å². The largest absolute Gasteiger partial charge is 0.458 e. The fourth-order valence-electron chi connectivity index (χ4n) is 5.90. The lowest BCUT2D eigenvalue weighted by atomic mass is 9.82. The van der Waals surface area contributed by atoms with Crippen molar-refractivity contribution < 1.29 is 24.5 Å². The quantitative estimate of drug-likeness (QED) is 0.383. The highest BCUT2D eigenvalue weighted by Crippen LogP contribution is 2.45. The topological polar surface area (TPSA) is 131 Å². The SMILES string of the molecule is CC[C@@]1(O)C(=O)OCc2c1cc1n(c2=O)Cc2c-1nc1cc(C)cc3c1c2[C@H](NC(=O)CO)CC3. The van der Waals surface area contributed by atoms with Gasteiger partial charge in [0.2, 0.25) is 5.91 Å². The Kier molecular flexibility index (Phi) is 4.68. The van der Waals surface area contributed by atoms with Crippen molar-refractivity contribution in [3.63, 3.8) is 0 Å². The van der Waals surface area contributed by atoms with Gasteiger partial charge in [-0.25, -0.2) is 9.78 Å². The predicted octanol–water partition coefficient (Wildman–Crippen LogP) is 1.48. The van der Waals surface area contributed by atoms with Gasteiger partial charge in [0.05, 0.1) is 35.1 Å². The van der Waals surface area contributed by atoms with Crippen LogP contribution in [0.2, 0.25) is 0 Å². The van der Waals surface area contributed by atoms with E-state index in [4.69, 9.17) is 9.72 Å². The maximum absolute atomic E-state index is 13.5. The van der Waals surface area contributed by atoms with E-state index in [1.807, 2.05) is 13.0 Å². The molecule has 1 aromatic carbocycles. The number of aromatic nitrogens is 2. The molecular weight excluding hydrogens is 450 g/mol. The zero-order valence-corrected chi connectivity index (χ0v) is 19.5. The number of ether oxygens (including phenoxy) is 1. The summed E-state index contributed by atoms with van der Waals surface area (Å²) in [5, 5.41) is 24.4. The molecule has 0 spiro atoms. The van der Waals surface area contributed by atoms with Gasteiger partial charge < -0.3 is 24.8 Å². The van der Waals surface area contributed by atoms with Gasteiger partial charge in [0, 0.05) is 16.5 Å². The van der Waals surface area contributed by atoms with Gasteiger partial charge in [-0.15, -0.1) is 0 Å². The molecule has 3 aromatic rings. The Bertz CT molecular complexity index is 1520. The number of hydrogen-bond donors (Lipinski definition) is 3. The molecule has 9 nitrogen and oxygen atoms in total. The maximum Gasteiger partial charge on any atom is 0.343 e. The molecular formula is C26H25N3O6. The average molecular weight is 476 g/mol. The van der Waals surface area contributed by atoms with Gasteiger partial charge in [0.1, 0.15) is 13.2 Å². The number of cyclic esters (lactones) is 1. The molecule has 1 aliphatic carbocycles. The first-order chi connectivity index (χ1) is 16.8. The Morgan fingerprint density at radius 1 is 1.29 bits per heavy atom. The first kappa shape index (κ1) is 21.9. The van der Waals surface area contributed by atoms with Crippen molar-refractivity contribution >= 4 is 22.8 Å². The van der Waals surface area contributed by atoms with Crippen molar-refractivity contribution in [2.75, 3.05) is 6.61 Å². The zero-order chi connectivity index (χ0) is 24.6. The normalized spacial score (nSPS) is 21.8. The number of nitrogens with one attached hydrogen (secondary N) is 1. The van der Waals surface area contributed by atoms with Crippen LogP contribution >= 0.6 is 0 Å². The summed E-state index contributed by atoms with van der Waals surface area (Å²) in [6, 6.07) is 5.47. The Labute approximate surface area is 200 Å². The number of fused-ring (bicyclic) bond motifs is 5. The zero-order valence-electron chi connectivity index (χ0n) is 19.5. The second-order valence-electron chi connectivity index (χ2n) is 9.59.